The second-order valence-corrected chi connectivity index (χ2v) is 5.93. The van der Waals surface area contributed by atoms with Crippen molar-refractivity contribution in [2.75, 3.05) is 24.9 Å². The van der Waals surface area contributed by atoms with Crippen molar-refractivity contribution in [2.45, 2.75) is 6.92 Å². The van der Waals surface area contributed by atoms with Crippen molar-refractivity contribution >= 4 is 34.7 Å². The lowest BCUT2D eigenvalue weighted by atomic mass is 10.2. The lowest BCUT2D eigenvalue weighted by Crippen LogP contribution is -2.14. The fourth-order valence-electron chi connectivity index (χ4n) is 2.35. The fourth-order valence-corrected chi connectivity index (χ4v) is 2.58. The normalized spacial score (nSPS) is 10.4. The van der Waals surface area contributed by atoms with Crippen LogP contribution in [0.2, 0.25) is 5.02 Å². The minimum atomic E-state index is -0.419. The van der Waals surface area contributed by atoms with Crippen LogP contribution in [0, 0.1) is 6.92 Å². The van der Waals surface area contributed by atoms with E-state index in [1.165, 1.54) is 20.4 Å². The summed E-state index contributed by atoms with van der Waals surface area (Å²) >= 11 is 6.08. The first-order valence-electron chi connectivity index (χ1n) is 7.89. The predicted molar refractivity (Wildman–Crippen MR) is 101 cm³/mol. The number of hydrogen-bond acceptors (Lipinski definition) is 7. The average Bonchev–Trinajstić information content (AvgIpc) is 3.07. The Morgan fingerprint density at radius 3 is 2.59 bits per heavy atom. The van der Waals surface area contributed by atoms with Gasteiger partial charge in [0.15, 0.2) is 5.82 Å². The van der Waals surface area contributed by atoms with E-state index in [9.17, 15) is 4.79 Å². The number of pyridine rings is 1. The molecule has 2 heterocycles. The molecule has 0 aliphatic carbocycles. The van der Waals surface area contributed by atoms with Gasteiger partial charge in [-0.1, -0.05) is 16.8 Å². The van der Waals surface area contributed by atoms with E-state index in [4.69, 9.17) is 25.6 Å². The number of hydrogen-bond donors (Lipinski definition) is 2. The van der Waals surface area contributed by atoms with Gasteiger partial charge in [-0.05, 0) is 19.1 Å². The van der Waals surface area contributed by atoms with E-state index < -0.39 is 5.91 Å². The first-order valence-corrected chi connectivity index (χ1v) is 8.27. The molecule has 0 saturated heterocycles. The van der Waals surface area contributed by atoms with Crippen molar-refractivity contribution in [3.63, 3.8) is 0 Å². The van der Waals surface area contributed by atoms with E-state index in [-0.39, 0.29) is 5.69 Å². The number of halogens is 1. The molecule has 27 heavy (non-hydrogen) atoms. The number of nitrogens with one attached hydrogen (secondary N) is 2. The molecule has 2 N–H and O–H groups in total. The Morgan fingerprint density at radius 2 is 1.93 bits per heavy atom. The zero-order chi connectivity index (χ0) is 19.4. The average molecular weight is 389 g/mol. The molecule has 0 aliphatic heterocycles. The molecule has 1 aromatic carbocycles. The third-order valence-electron chi connectivity index (χ3n) is 3.62. The first kappa shape index (κ1) is 18.5. The van der Waals surface area contributed by atoms with Crippen LogP contribution in [0.25, 0.3) is 0 Å². The van der Waals surface area contributed by atoms with E-state index in [1.54, 1.807) is 37.3 Å². The van der Waals surface area contributed by atoms with Gasteiger partial charge in [0, 0.05) is 30.1 Å². The van der Waals surface area contributed by atoms with Crippen LogP contribution in [0.3, 0.4) is 0 Å². The Kier molecular flexibility index (Phi) is 5.46. The molecule has 0 spiro atoms. The van der Waals surface area contributed by atoms with Crippen LogP contribution in [-0.2, 0) is 0 Å². The van der Waals surface area contributed by atoms with Crippen molar-refractivity contribution < 1.29 is 18.8 Å². The van der Waals surface area contributed by atoms with Gasteiger partial charge in [-0.3, -0.25) is 9.78 Å². The highest BCUT2D eigenvalue weighted by Gasteiger charge is 2.15. The molecule has 0 fully saturated rings. The number of nitrogens with zero attached hydrogens (tertiary/aromatic N) is 2. The SMILES string of the molecule is COc1cc(NC(=O)c2cc(Nc3cc(C)on3)ccn2)c(OC)cc1Cl. The number of rotatable bonds is 6. The van der Waals surface area contributed by atoms with E-state index in [1.807, 2.05) is 0 Å². The van der Waals surface area contributed by atoms with Crippen LogP contribution < -0.4 is 20.1 Å². The zero-order valence-corrected chi connectivity index (χ0v) is 15.6. The number of carbonyl (C=O) groups is 1. The second kappa shape index (κ2) is 7.96. The van der Waals surface area contributed by atoms with E-state index in [0.29, 0.717) is 39.5 Å². The van der Waals surface area contributed by atoms with Gasteiger partial charge < -0.3 is 24.6 Å². The van der Waals surface area contributed by atoms with Crippen molar-refractivity contribution in [1.29, 1.82) is 0 Å². The Balaban J connectivity index is 1.81. The summed E-state index contributed by atoms with van der Waals surface area (Å²) in [6.07, 6.45) is 1.52. The minimum absolute atomic E-state index is 0.205. The predicted octanol–water partition coefficient (Wildman–Crippen LogP) is 4.04. The van der Waals surface area contributed by atoms with E-state index >= 15 is 0 Å². The standard InChI is InChI=1S/C18H17ClN4O4/c1-10-6-17(23-27-10)21-11-4-5-20-14(7-11)18(24)22-13-9-15(25-2)12(19)8-16(13)26-3/h4-9H,1-3H3,(H,22,24)(H,20,21,23). The number of methoxy groups -OCH3 is 2. The largest absolute Gasteiger partial charge is 0.495 e. The molecule has 0 radical (unpaired) electrons. The summed E-state index contributed by atoms with van der Waals surface area (Å²) in [5.41, 5.74) is 1.26. The van der Waals surface area contributed by atoms with Gasteiger partial charge in [-0.2, -0.15) is 0 Å². The van der Waals surface area contributed by atoms with Crippen LogP contribution in [0.4, 0.5) is 17.2 Å². The molecule has 140 valence electrons. The number of carbonyl (C=O) groups excluding carboxylic acids is 1. The maximum absolute atomic E-state index is 12.6. The summed E-state index contributed by atoms with van der Waals surface area (Å²) in [5.74, 6) is 1.61. The summed E-state index contributed by atoms with van der Waals surface area (Å²) in [6, 6.07) is 8.20. The molecule has 0 bridgehead atoms. The Labute approximate surface area is 160 Å². The molecule has 0 unspecified atom stereocenters. The summed E-state index contributed by atoms with van der Waals surface area (Å²) < 4.78 is 15.4. The topological polar surface area (TPSA) is 98.5 Å². The quantitative estimate of drug-likeness (QED) is 0.657. The number of aromatic nitrogens is 2. The minimum Gasteiger partial charge on any atom is -0.495 e. The summed E-state index contributed by atoms with van der Waals surface area (Å²) in [4.78, 5) is 16.7. The number of anilines is 3. The number of aryl methyl sites for hydroxylation is 1. The highest BCUT2D eigenvalue weighted by atomic mass is 35.5. The first-order chi connectivity index (χ1) is 13.0. The van der Waals surface area contributed by atoms with Crippen molar-refractivity contribution in [1.82, 2.24) is 10.1 Å². The van der Waals surface area contributed by atoms with Crippen LogP contribution in [0.15, 0.2) is 41.1 Å². The maximum atomic E-state index is 12.6. The Hall–Kier alpha value is -3.26. The lowest BCUT2D eigenvalue weighted by Gasteiger charge is -2.13. The second-order valence-electron chi connectivity index (χ2n) is 5.52. The number of amides is 1. The molecule has 0 atom stereocenters. The Bertz CT molecular complexity index is 974. The highest BCUT2D eigenvalue weighted by molar-refractivity contribution is 6.32. The zero-order valence-electron chi connectivity index (χ0n) is 14.9. The van der Waals surface area contributed by atoms with E-state index in [2.05, 4.69) is 20.8 Å². The van der Waals surface area contributed by atoms with Gasteiger partial charge in [-0.15, -0.1) is 0 Å². The molecule has 2 aromatic heterocycles. The van der Waals surface area contributed by atoms with Crippen molar-refractivity contribution in [2.24, 2.45) is 0 Å². The summed E-state index contributed by atoms with van der Waals surface area (Å²) in [7, 11) is 2.97. The maximum Gasteiger partial charge on any atom is 0.274 e. The molecule has 0 saturated carbocycles. The smallest absolute Gasteiger partial charge is 0.274 e. The third-order valence-corrected chi connectivity index (χ3v) is 3.91. The van der Waals surface area contributed by atoms with E-state index in [0.717, 1.165) is 0 Å². The molecular weight excluding hydrogens is 372 g/mol. The Morgan fingerprint density at radius 1 is 1.15 bits per heavy atom. The van der Waals surface area contributed by atoms with Gasteiger partial charge >= 0.3 is 0 Å². The number of ether oxygens (including phenoxy) is 2. The number of benzene rings is 1. The molecule has 1 amide bonds. The molecule has 8 nitrogen and oxygen atoms in total. The molecule has 9 heteroatoms. The van der Waals surface area contributed by atoms with Gasteiger partial charge in [0.05, 0.1) is 24.9 Å². The van der Waals surface area contributed by atoms with Crippen LogP contribution >= 0.6 is 11.6 Å². The summed E-state index contributed by atoms with van der Waals surface area (Å²) in [6.45, 7) is 1.79. The van der Waals surface area contributed by atoms with Gasteiger partial charge in [-0.25, -0.2) is 0 Å². The third kappa shape index (κ3) is 4.29. The van der Waals surface area contributed by atoms with Gasteiger partial charge in [0.1, 0.15) is 23.0 Å². The monoisotopic (exact) mass is 388 g/mol. The van der Waals surface area contributed by atoms with Crippen LogP contribution in [0.5, 0.6) is 11.5 Å². The van der Waals surface area contributed by atoms with Crippen LogP contribution in [0.1, 0.15) is 16.2 Å². The van der Waals surface area contributed by atoms with Crippen molar-refractivity contribution in [3.8, 4) is 11.5 Å². The van der Waals surface area contributed by atoms with Gasteiger partial charge in [0.2, 0.25) is 0 Å². The fraction of sp³-hybridized carbons (Fsp3) is 0.167. The molecule has 3 aromatic rings. The van der Waals surface area contributed by atoms with Crippen LogP contribution in [-0.4, -0.2) is 30.3 Å². The molecular formula is C18H17ClN4O4. The summed E-state index contributed by atoms with van der Waals surface area (Å²) in [5, 5.41) is 10.0. The van der Waals surface area contributed by atoms with Crippen molar-refractivity contribution in [3.05, 3.63) is 53.0 Å². The lowest BCUT2D eigenvalue weighted by molar-refractivity contribution is 0.102. The highest BCUT2D eigenvalue weighted by Crippen LogP contribution is 2.36. The van der Waals surface area contributed by atoms with Gasteiger partial charge in [0.25, 0.3) is 5.91 Å². The molecule has 3 rings (SSSR count). The molecule has 0 aliphatic rings.